The molecule has 0 aliphatic carbocycles. The molecule has 0 spiro atoms. The summed E-state index contributed by atoms with van der Waals surface area (Å²) in [5.74, 6) is 0. The highest BCUT2D eigenvalue weighted by atomic mass is 19.4. The van der Waals surface area contributed by atoms with Gasteiger partial charge in [0, 0.05) is 13.1 Å². The van der Waals surface area contributed by atoms with E-state index in [0.717, 1.165) is 32.4 Å². The molecule has 2 nitrogen and oxygen atoms in total. The van der Waals surface area contributed by atoms with Crippen LogP contribution in [-0.4, -0.2) is 44.3 Å². The van der Waals surface area contributed by atoms with Gasteiger partial charge >= 0.3 is 6.18 Å². The predicted octanol–water partition coefficient (Wildman–Crippen LogP) is 3.29. The molecule has 1 N–H and O–H groups in total. The summed E-state index contributed by atoms with van der Waals surface area (Å²) in [6.07, 6.45) is -1.29. The second kappa shape index (κ2) is 8.00. The van der Waals surface area contributed by atoms with Crippen LogP contribution in [0.4, 0.5) is 13.2 Å². The maximum atomic E-state index is 12.3. The zero-order valence-electron chi connectivity index (χ0n) is 12.0. The van der Waals surface area contributed by atoms with Crippen molar-refractivity contribution in [2.75, 3.05) is 33.2 Å². The van der Waals surface area contributed by atoms with Crippen molar-refractivity contribution in [2.24, 2.45) is 5.41 Å². The van der Waals surface area contributed by atoms with Gasteiger partial charge in [-0.1, -0.05) is 20.8 Å². The third-order valence-electron chi connectivity index (χ3n) is 3.48. The molecule has 0 bridgehead atoms. The summed E-state index contributed by atoms with van der Waals surface area (Å²) in [6.45, 7) is 7.55. The normalized spacial score (nSPS) is 13.3. The van der Waals surface area contributed by atoms with Crippen LogP contribution in [-0.2, 0) is 0 Å². The van der Waals surface area contributed by atoms with Crippen LogP contribution in [0.1, 0.15) is 40.0 Å². The standard InChI is InChI=1S/C13H27F3N2/c1-5-8-17-9-12(6-2,7-3)10-18(4)11-13(14,15)16/h17H,5-11H2,1-4H3. The topological polar surface area (TPSA) is 15.3 Å². The molecular weight excluding hydrogens is 241 g/mol. The molecule has 0 rings (SSSR count). The molecule has 18 heavy (non-hydrogen) atoms. The summed E-state index contributed by atoms with van der Waals surface area (Å²) in [7, 11) is 1.55. The highest BCUT2D eigenvalue weighted by Crippen LogP contribution is 2.28. The molecule has 0 aromatic carbocycles. The molecule has 0 fully saturated rings. The highest BCUT2D eigenvalue weighted by molar-refractivity contribution is 4.82. The number of alkyl halides is 3. The average molecular weight is 268 g/mol. The first-order valence-electron chi connectivity index (χ1n) is 6.74. The maximum absolute atomic E-state index is 12.3. The molecule has 0 aromatic heterocycles. The van der Waals surface area contributed by atoms with E-state index >= 15 is 0 Å². The minimum absolute atomic E-state index is 0.0603. The van der Waals surface area contributed by atoms with Gasteiger partial charge < -0.3 is 5.32 Å². The van der Waals surface area contributed by atoms with E-state index in [9.17, 15) is 13.2 Å². The lowest BCUT2D eigenvalue weighted by atomic mass is 9.81. The number of nitrogens with zero attached hydrogens (tertiary/aromatic N) is 1. The van der Waals surface area contributed by atoms with E-state index in [1.165, 1.54) is 4.90 Å². The molecule has 0 saturated heterocycles. The molecular formula is C13H27F3N2. The maximum Gasteiger partial charge on any atom is 0.401 e. The molecule has 0 aromatic rings. The number of halogens is 3. The van der Waals surface area contributed by atoms with Crippen LogP contribution in [0.5, 0.6) is 0 Å². The van der Waals surface area contributed by atoms with Crippen LogP contribution in [0.3, 0.4) is 0 Å². The van der Waals surface area contributed by atoms with Crippen molar-refractivity contribution >= 4 is 0 Å². The lowest BCUT2D eigenvalue weighted by molar-refractivity contribution is -0.146. The fourth-order valence-corrected chi connectivity index (χ4v) is 2.24. The van der Waals surface area contributed by atoms with E-state index in [2.05, 4.69) is 26.1 Å². The Bertz CT molecular complexity index is 213. The minimum atomic E-state index is -4.11. The van der Waals surface area contributed by atoms with E-state index in [4.69, 9.17) is 0 Å². The first-order valence-corrected chi connectivity index (χ1v) is 6.74. The Morgan fingerprint density at radius 3 is 1.94 bits per heavy atom. The van der Waals surface area contributed by atoms with Crippen molar-refractivity contribution in [1.29, 1.82) is 0 Å². The number of nitrogens with one attached hydrogen (secondary N) is 1. The molecule has 0 amide bonds. The quantitative estimate of drug-likeness (QED) is 0.646. The number of rotatable bonds is 9. The van der Waals surface area contributed by atoms with Crippen LogP contribution in [0.15, 0.2) is 0 Å². The Balaban J connectivity index is 4.40. The number of hydrogen-bond donors (Lipinski definition) is 1. The number of hydrogen-bond acceptors (Lipinski definition) is 2. The molecule has 0 aliphatic rings. The summed E-state index contributed by atoms with van der Waals surface area (Å²) in [4.78, 5) is 1.39. The summed E-state index contributed by atoms with van der Waals surface area (Å²) in [6, 6.07) is 0. The van der Waals surface area contributed by atoms with Crippen molar-refractivity contribution in [1.82, 2.24) is 10.2 Å². The molecule has 0 heterocycles. The SMILES string of the molecule is CCCNCC(CC)(CC)CN(C)CC(F)(F)F. The monoisotopic (exact) mass is 268 g/mol. The van der Waals surface area contributed by atoms with Gasteiger partial charge in [0.05, 0.1) is 6.54 Å². The van der Waals surface area contributed by atoms with Crippen molar-refractivity contribution in [3.05, 3.63) is 0 Å². The zero-order valence-corrected chi connectivity index (χ0v) is 12.0. The van der Waals surface area contributed by atoms with Gasteiger partial charge in [-0.05, 0) is 38.3 Å². The van der Waals surface area contributed by atoms with Gasteiger partial charge in [-0.3, -0.25) is 4.90 Å². The smallest absolute Gasteiger partial charge is 0.316 e. The third kappa shape index (κ3) is 7.21. The van der Waals surface area contributed by atoms with E-state index in [-0.39, 0.29) is 5.41 Å². The molecule has 110 valence electrons. The van der Waals surface area contributed by atoms with Crippen molar-refractivity contribution in [3.8, 4) is 0 Å². The molecule has 0 aliphatic heterocycles. The van der Waals surface area contributed by atoms with Gasteiger partial charge in [0.1, 0.15) is 0 Å². The van der Waals surface area contributed by atoms with E-state index in [0.29, 0.717) is 6.54 Å². The Morgan fingerprint density at radius 2 is 1.56 bits per heavy atom. The highest BCUT2D eigenvalue weighted by Gasteiger charge is 2.33. The zero-order chi connectivity index (χ0) is 14.2. The molecule has 0 unspecified atom stereocenters. The van der Waals surface area contributed by atoms with Gasteiger partial charge in [0.15, 0.2) is 0 Å². The summed E-state index contributed by atoms with van der Waals surface area (Å²) >= 11 is 0. The summed E-state index contributed by atoms with van der Waals surface area (Å²) in [5, 5.41) is 3.34. The molecule has 0 atom stereocenters. The van der Waals surface area contributed by atoms with Crippen LogP contribution in [0, 0.1) is 5.41 Å². The lowest BCUT2D eigenvalue weighted by Crippen LogP contribution is -2.45. The van der Waals surface area contributed by atoms with Gasteiger partial charge in [0.25, 0.3) is 0 Å². The lowest BCUT2D eigenvalue weighted by Gasteiger charge is -2.36. The Hall–Kier alpha value is -0.290. The first-order chi connectivity index (χ1) is 8.28. The average Bonchev–Trinajstić information content (AvgIpc) is 2.25. The van der Waals surface area contributed by atoms with Gasteiger partial charge in [-0.25, -0.2) is 0 Å². The minimum Gasteiger partial charge on any atom is -0.316 e. The van der Waals surface area contributed by atoms with E-state index in [1.807, 2.05) is 0 Å². The molecule has 0 radical (unpaired) electrons. The molecule has 5 heteroatoms. The van der Waals surface area contributed by atoms with Crippen molar-refractivity contribution in [3.63, 3.8) is 0 Å². The summed E-state index contributed by atoms with van der Waals surface area (Å²) < 4.78 is 37.0. The fraction of sp³-hybridized carbons (Fsp3) is 1.00. The third-order valence-corrected chi connectivity index (χ3v) is 3.48. The second-order valence-electron chi connectivity index (χ2n) is 5.17. The van der Waals surface area contributed by atoms with Crippen LogP contribution >= 0.6 is 0 Å². The van der Waals surface area contributed by atoms with Gasteiger partial charge in [0.2, 0.25) is 0 Å². The van der Waals surface area contributed by atoms with Crippen LogP contribution in [0.25, 0.3) is 0 Å². The Kier molecular flexibility index (Phi) is 7.87. The van der Waals surface area contributed by atoms with Gasteiger partial charge in [-0.2, -0.15) is 13.2 Å². The fourth-order valence-electron chi connectivity index (χ4n) is 2.24. The molecule has 0 saturated carbocycles. The second-order valence-corrected chi connectivity index (χ2v) is 5.17. The largest absolute Gasteiger partial charge is 0.401 e. The first kappa shape index (κ1) is 17.7. The van der Waals surface area contributed by atoms with Crippen molar-refractivity contribution in [2.45, 2.75) is 46.2 Å². The van der Waals surface area contributed by atoms with Crippen LogP contribution < -0.4 is 5.32 Å². The van der Waals surface area contributed by atoms with Crippen LogP contribution in [0.2, 0.25) is 0 Å². The Labute approximate surface area is 109 Å². The van der Waals surface area contributed by atoms with E-state index in [1.54, 1.807) is 7.05 Å². The summed E-state index contributed by atoms with van der Waals surface area (Å²) in [5.41, 5.74) is -0.0603. The van der Waals surface area contributed by atoms with E-state index < -0.39 is 12.7 Å². The Morgan fingerprint density at radius 1 is 1.00 bits per heavy atom. The predicted molar refractivity (Wildman–Crippen MR) is 69.7 cm³/mol. The van der Waals surface area contributed by atoms with Crippen molar-refractivity contribution < 1.29 is 13.2 Å². The van der Waals surface area contributed by atoms with Gasteiger partial charge in [-0.15, -0.1) is 0 Å².